The molecule has 0 aromatic carbocycles. The average Bonchev–Trinajstić information content (AvgIpc) is 2.03. The first-order valence-corrected chi connectivity index (χ1v) is 4.89. The molecule has 0 fully saturated rings. The van der Waals surface area contributed by atoms with E-state index in [9.17, 15) is 0 Å². The molecule has 0 bridgehead atoms. The molecule has 1 heteroatoms. The second-order valence-corrected chi connectivity index (χ2v) is 3.61. The van der Waals surface area contributed by atoms with Crippen LogP contribution in [0.4, 0.5) is 0 Å². The van der Waals surface area contributed by atoms with Crippen molar-refractivity contribution in [1.82, 2.24) is 0 Å². The smallest absolute Gasteiger partial charge is 0.0184 e. The van der Waals surface area contributed by atoms with Crippen LogP contribution < -0.4 is 0 Å². The van der Waals surface area contributed by atoms with Crippen molar-refractivity contribution in [2.24, 2.45) is 0 Å². The van der Waals surface area contributed by atoms with Crippen LogP contribution in [0.25, 0.3) is 0 Å². The molecule has 0 N–H and O–H groups in total. The largest absolute Gasteiger partial charge is 0.148 e. The van der Waals surface area contributed by atoms with Crippen LogP contribution in [0.1, 0.15) is 38.5 Å². The highest BCUT2D eigenvalue weighted by atomic mass is 32.1. The first kappa shape index (κ1) is 8.92. The molecule has 0 saturated heterocycles. The number of rotatable bonds is 0. The Hall–Kier alpha value is -0.170. The SMILES string of the molecule is S/C1=C/C=C\CCCCCC1. The van der Waals surface area contributed by atoms with Gasteiger partial charge in [-0.3, -0.25) is 0 Å². The third-order valence-electron chi connectivity index (χ3n) is 1.98. The molecule has 0 amide bonds. The molecule has 11 heavy (non-hydrogen) atoms. The summed E-state index contributed by atoms with van der Waals surface area (Å²) >= 11 is 4.37. The van der Waals surface area contributed by atoms with Gasteiger partial charge in [-0.15, -0.1) is 12.6 Å². The van der Waals surface area contributed by atoms with Crippen molar-refractivity contribution in [1.29, 1.82) is 0 Å². The normalized spacial score (nSPS) is 28.6. The van der Waals surface area contributed by atoms with E-state index in [1.807, 2.05) is 0 Å². The first-order chi connectivity index (χ1) is 5.39. The molecule has 0 aromatic heterocycles. The van der Waals surface area contributed by atoms with Crippen LogP contribution in [0.5, 0.6) is 0 Å². The molecule has 1 aliphatic carbocycles. The maximum atomic E-state index is 4.37. The van der Waals surface area contributed by atoms with Crippen molar-refractivity contribution in [3.63, 3.8) is 0 Å². The van der Waals surface area contributed by atoms with Gasteiger partial charge in [0.1, 0.15) is 0 Å². The summed E-state index contributed by atoms with van der Waals surface area (Å²) in [5.74, 6) is 0. The van der Waals surface area contributed by atoms with Gasteiger partial charge in [-0.2, -0.15) is 0 Å². The van der Waals surface area contributed by atoms with Gasteiger partial charge in [0.25, 0.3) is 0 Å². The Balaban J connectivity index is 2.40. The monoisotopic (exact) mass is 168 g/mol. The summed E-state index contributed by atoms with van der Waals surface area (Å²) in [5.41, 5.74) is 0. The molecule has 1 aliphatic rings. The topological polar surface area (TPSA) is 0 Å². The Morgan fingerprint density at radius 1 is 1.09 bits per heavy atom. The fourth-order valence-corrected chi connectivity index (χ4v) is 1.52. The van der Waals surface area contributed by atoms with Crippen LogP contribution in [-0.2, 0) is 0 Å². The predicted octanol–water partition coefficient (Wildman–Crippen LogP) is 3.71. The number of hydrogen-bond acceptors (Lipinski definition) is 1. The number of hydrogen-bond donors (Lipinski definition) is 1. The molecule has 0 atom stereocenters. The van der Waals surface area contributed by atoms with Crippen LogP contribution in [0.2, 0.25) is 0 Å². The van der Waals surface area contributed by atoms with E-state index in [-0.39, 0.29) is 0 Å². The van der Waals surface area contributed by atoms with E-state index in [0.29, 0.717) is 0 Å². The maximum Gasteiger partial charge on any atom is -0.0184 e. The second-order valence-electron chi connectivity index (χ2n) is 3.04. The average molecular weight is 168 g/mol. The van der Waals surface area contributed by atoms with E-state index in [4.69, 9.17) is 0 Å². The fourth-order valence-electron chi connectivity index (χ4n) is 1.28. The molecule has 1 rings (SSSR count). The van der Waals surface area contributed by atoms with Gasteiger partial charge in [0.2, 0.25) is 0 Å². The van der Waals surface area contributed by atoms with Crippen LogP contribution in [-0.4, -0.2) is 0 Å². The summed E-state index contributed by atoms with van der Waals surface area (Å²) in [6.07, 6.45) is 14.3. The summed E-state index contributed by atoms with van der Waals surface area (Å²) in [4.78, 5) is 1.23. The van der Waals surface area contributed by atoms with Crippen LogP contribution in [0, 0.1) is 0 Å². The zero-order valence-corrected chi connectivity index (χ0v) is 7.82. The van der Waals surface area contributed by atoms with Crippen LogP contribution in [0.3, 0.4) is 0 Å². The molecule has 0 aromatic rings. The Labute approximate surface area is 74.8 Å². The number of allylic oxidation sites excluding steroid dienone is 4. The molecule has 0 spiro atoms. The maximum absolute atomic E-state index is 4.37. The molecule has 0 aliphatic heterocycles. The van der Waals surface area contributed by atoms with Crippen molar-refractivity contribution in [2.45, 2.75) is 38.5 Å². The number of thiol groups is 1. The van der Waals surface area contributed by atoms with Crippen molar-refractivity contribution in [3.8, 4) is 0 Å². The second kappa shape index (κ2) is 5.48. The Morgan fingerprint density at radius 2 is 1.91 bits per heavy atom. The van der Waals surface area contributed by atoms with E-state index < -0.39 is 0 Å². The van der Waals surface area contributed by atoms with E-state index in [1.54, 1.807) is 0 Å². The van der Waals surface area contributed by atoms with E-state index >= 15 is 0 Å². The van der Waals surface area contributed by atoms with Gasteiger partial charge < -0.3 is 0 Å². The third kappa shape index (κ3) is 4.31. The van der Waals surface area contributed by atoms with Gasteiger partial charge >= 0.3 is 0 Å². The van der Waals surface area contributed by atoms with Gasteiger partial charge in [0.05, 0.1) is 0 Å². The summed E-state index contributed by atoms with van der Waals surface area (Å²) in [6.45, 7) is 0. The van der Waals surface area contributed by atoms with Gasteiger partial charge in [-0.1, -0.05) is 31.1 Å². The van der Waals surface area contributed by atoms with Gasteiger partial charge in [0.15, 0.2) is 0 Å². The third-order valence-corrected chi connectivity index (χ3v) is 2.35. The van der Waals surface area contributed by atoms with Crippen molar-refractivity contribution in [2.75, 3.05) is 0 Å². The lowest BCUT2D eigenvalue weighted by atomic mass is 10.1. The Morgan fingerprint density at radius 3 is 2.82 bits per heavy atom. The molecule has 0 heterocycles. The molecule has 0 unspecified atom stereocenters. The fraction of sp³-hybridized carbons (Fsp3) is 0.600. The minimum Gasteiger partial charge on any atom is -0.148 e. The van der Waals surface area contributed by atoms with Crippen LogP contribution >= 0.6 is 12.6 Å². The van der Waals surface area contributed by atoms with Crippen molar-refractivity contribution in [3.05, 3.63) is 23.1 Å². The zero-order chi connectivity index (χ0) is 7.94. The molecule has 0 radical (unpaired) electrons. The summed E-state index contributed by atoms with van der Waals surface area (Å²) in [5, 5.41) is 0. The van der Waals surface area contributed by atoms with Gasteiger partial charge in [-0.05, 0) is 30.6 Å². The molecule has 62 valence electrons. The standard InChI is InChI=1S/C10H16S/c11-10-8-6-4-2-1-3-5-7-9-10/h4,6,8,11H,1-3,5,7,9H2/b6-4-,10-8+. The molecular formula is C10H16S. The lowest BCUT2D eigenvalue weighted by Gasteiger charge is -2.01. The van der Waals surface area contributed by atoms with E-state index in [0.717, 1.165) is 6.42 Å². The first-order valence-electron chi connectivity index (χ1n) is 4.44. The predicted molar refractivity (Wildman–Crippen MR) is 53.9 cm³/mol. The van der Waals surface area contributed by atoms with E-state index in [2.05, 4.69) is 30.9 Å². The highest BCUT2D eigenvalue weighted by Crippen LogP contribution is 2.15. The highest BCUT2D eigenvalue weighted by Gasteiger charge is 1.93. The zero-order valence-electron chi connectivity index (χ0n) is 6.92. The minimum atomic E-state index is 1.16. The van der Waals surface area contributed by atoms with Crippen LogP contribution in [0.15, 0.2) is 23.1 Å². The lowest BCUT2D eigenvalue weighted by molar-refractivity contribution is 0.649. The summed E-state index contributed by atoms with van der Waals surface area (Å²) < 4.78 is 0. The Kier molecular flexibility index (Phi) is 4.44. The van der Waals surface area contributed by atoms with Gasteiger partial charge in [0, 0.05) is 0 Å². The Bertz CT molecular complexity index is 156. The van der Waals surface area contributed by atoms with E-state index in [1.165, 1.54) is 37.0 Å². The van der Waals surface area contributed by atoms with Gasteiger partial charge in [-0.25, -0.2) is 0 Å². The van der Waals surface area contributed by atoms with Crippen molar-refractivity contribution < 1.29 is 0 Å². The molecule has 0 saturated carbocycles. The minimum absolute atomic E-state index is 1.16. The molecular weight excluding hydrogens is 152 g/mol. The molecule has 0 nitrogen and oxygen atoms in total. The van der Waals surface area contributed by atoms with Crippen molar-refractivity contribution >= 4 is 12.6 Å². The summed E-state index contributed by atoms with van der Waals surface area (Å²) in [6, 6.07) is 0. The highest BCUT2D eigenvalue weighted by molar-refractivity contribution is 7.84. The quantitative estimate of drug-likeness (QED) is 0.524. The lowest BCUT2D eigenvalue weighted by Crippen LogP contribution is -1.81. The summed E-state index contributed by atoms with van der Waals surface area (Å²) in [7, 11) is 0.